The Hall–Kier alpha value is -4.06. The van der Waals surface area contributed by atoms with Crippen LogP contribution in [0.2, 0.25) is 0 Å². The summed E-state index contributed by atoms with van der Waals surface area (Å²) in [6.07, 6.45) is 3.71. The Labute approximate surface area is 186 Å². The van der Waals surface area contributed by atoms with Gasteiger partial charge in [0.1, 0.15) is 13.2 Å². The fourth-order valence-electron chi connectivity index (χ4n) is 3.85. The fraction of sp³-hybridized carbons (Fsp3) is 0.154. The summed E-state index contributed by atoms with van der Waals surface area (Å²) in [6, 6.07) is 23.5. The van der Waals surface area contributed by atoms with Crippen LogP contribution in [-0.4, -0.2) is 28.9 Å². The second-order valence-electron chi connectivity index (χ2n) is 7.57. The maximum Gasteiger partial charge on any atom is 0.252 e. The molecule has 4 aromatic rings. The van der Waals surface area contributed by atoms with Crippen LogP contribution in [0, 0.1) is 0 Å². The van der Waals surface area contributed by atoms with Crippen molar-refractivity contribution in [1.29, 1.82) is 0 Å². The van der Waals surface area contributed by atoms with Gasteiger partial charge in [0, 0.05) is 30.1 Å². The summed E-state index contributed by atoms with van der Waals surface area (Å²) in [5, 5.41) is 7.28. The highest BCUT2D eigenvalue weighted by atomic mass is 16.6. The molecule has 0 radical (unpaired) electrons. The third kappa shape index (κ3) is 4.21. The number of benzene rings is 3. The van der Waals surface area contributed by atoms with Crippen molar-refractivity contribution in [1.82, 2.24) is 15.1 Å². The minimum absolute atomic E-state index is 0.129. The van der Waals surface area contributed by atoms with E-state index in [2.05, 4.69) is 22.5 Å². The second-order valence-corrected chi connectivity index (χ2v) is 7.57. The van der Waals surface area contributed by atoms with E-state index in [1.807, 2.05) is 71.5 Å². The molecule has 0 aliphatic carbocycles. The number of ether oxygens (including phenoxy) is 2. The highest BCUT2D eigenvalue weighted by Gasteiger charge is 2.17. The van der Waals surface area contributed by atoms with Crippen molar-refractivity contribution in [2.75, 3.05) is 13.2 Å². The molecular weight excluding hydrogens is 402 g/mol. The molecule has 6 heteroatoms. The lowest BCUT2D eigenvalue weighted by Crippen LogP contribution is -2.24. The first-order chi connectivity index (χ1) is 15.8. The molecule has 2 heterocycles. The second kappa shape index (κ2) is 8.98. The number of nitrogens with zero attached hydrogens (tertiary/aromatic N) is 2. The lowest BCUT2D eigenvalue weighted by molar-refractivity contribution is 0.0950. The van der Waals surface area contributed by atoms with Gasteiger partial charge in [0.2, 0.25) is 0 Å². The molecular formula is C26H23N3O3. The first kappa shape index (κ1) is 19.9. The van der Waals surface area contributed by atoms with E-state index in [0.717, 1.165) is 28.0 Å². The average molecular weight is 425 g/mol. The number of aromatic nitrogens is 2. The summed E-state index contributed by atoms with van der Waals surface area (Å²) in [5.74, 6) is 1.30. The van der Waals surface area contributed by atoms with Crippen LogP contribution in [0.3, 0.4) is 0 Å². The summed E-state index contributed by atoms with van der Waals surface area (Å²) >= 11 is 0. The third-order valence-electron chi connectivity index (χ3n) is 5.43. The smallest absolute Gasteiger partial charge is 0.252 e. The quantitative estimate of drug-likeness (QED) is 0.500. The molecule has 1 aliphatic rings. The molecule has 0 saturated heterocycles. The van der Waals surface area contributed by atoms with Crippen LogP contribution in [0.25, 0.3) is 11.1 Å². The predicted octanol–water partition coefficient (Wildman–Crippen LogP) is 4.30. The van der Waals surface area contributed by atoms with Crippen LogP contribution in [0.15, 0.2) is 85.2 Å². The molecule has 0 unspecified atom stereocenters. The molecule has 1 aliphatic heterocycles. The Balaban J connectivity index is 1.33. The van der Waals surface area contributed by atoms with Crippen LogP contribution >= 0.6 is 0 Å². The summed E-state index contributed by atoms with van der Waals surface area (Å²) in [4.78, 5) is 13.1. The van der Waals surface area contributed by atoms with Crippen molar-refractivity contribution in [3.63, 3.8) is 0 Å². The fourth-order valence-corrected chi connectivity index (χ4v) is 3.85. The zero-order chi connectivity index (χ0) is 21.8. The number of nitrogens with one attached hydrogen (secondary N) is 1. The molecule has 32 heavy (non-hydrogen) atoms. The molecule has 5 rings (SSSR count). The third-order valence-corrected chi connectivity index (χ3v) is 5.43. The number of para-hydroxylation sites is 1. The number of carbonyl (C=O) groups is 1. The van der Waals surface area contributed by atoms with Gasteiger partial charge >= 0.3 is 0 Å². The summed E-state index contributed by atoms with van der Waals surface area (Å²) in [6.45, 7) is 2.12. The first-order valence-corrected chi connectivity index (χ1v) is 10.6. The first-order valence-electron chi connectivity index (χ1n) is 10.6. The zero-order valence-corrected chi connectivity index (χ0v) is 17.5. The highest BCUT2D eigenvalue weighted by molar-refractivity contribution is 6.00. The van der Waals surface area contributed by atoms with Crippen molar-refractivity contribution >= 4 is 5.91 Å². The molecule has 1 N–H and O–H groups in total. The average Bonchev–Trinajstić information content (AvgIpc) is 3.36. The Morgan fingerprint density at radius 2 is 1.78 bits per heavy atom. The van der Waals surface area contributed by atoms with Gasteiger partial charge in [-0.3, -0.25) is 9.48 Å². The Morgan fingerprint density at radius 3 is 2.62 bits per heavy atom. The SMILES string of the molecule is O=C(NCc1cccc2c1OCCO2)c1ccccc1-c1ccc(Cn2cccn2)cc1. The highest BCUT2D eigenvalue weighted by Crippen LogP contribution is 2.33. The van der Waals surface area contributed by atoms with E-state index in [1.165, 1.54) is 0 Å². The van der Waals surface area contributed by atoms with Gasteiger partial charge < -0.3 is 14.8 Å². The van der Waals surface area contributed by atoms with E-state index in [4.69, 9.17) is 9.47 Å². The molecule has 0 bridgehead atoms. The van der Waals surface area contributed by atoms with E-state index >= 15 is 0 Å². The lowest BCUT2D eigenvalue weighted by atomic mass is 9.98. The van der Waals surface area contributed by atoms with Gasteiger partial charge in [0.05, 0.1) is 6.54 Å². The van der Waals surface area contributed by atoms with Gasteiger partial charge in [-0.15, -0.1) is 0 Å². The Bertz CT molecular complexity index is 1220. The van der Waals surface area contributed by atoms with Crippen LogP contribution in [0.4, 0.5) is 0 Å². The molecule has 0 spiro atoms. The van der Waals surface area contributed by atoms with Gasteiger partial charge in [-0.1, -0.05) is 54.6 Å². The molecule has 160 valence electrons. The standard InChI is InChI=1S/C26H23N3O3/c30-26(27-17-21-5-3-8-24-25(21)32-16-15-31-24)23-7-2-1-6-22(23)20-11-9-19(10-12-20)18-29-14-4-13-28-29/h1-14H,15-18H2,(H,27,30). The van der Waals surface area contributed by atoms with Crippen LogP contribution in [-0.2, 0) is 13.1 Å². The minimum Gasteiger partial charge on any atom is -0.486 e. The molecule has 1 amide bonds. The summed E-state index contributed by atoms with van der Waals surface area (Å²) < 4.78 is 13.3. The van der Waals surface area contributed by atoms with E-state index < -0.39 is 0 Å². The summed E-state index contributed by atoms with van der Waals surface area (Å²) in [7, 11) is 0. The van der Waals surface area contributed by atoms with Crippen molar-refractivity contribution in [2.24, 2.45) is 0 Å². The van der Waals surface area contributed by atoms with Gasteiger partial charge in [-0.2, -0.15) is 5.10 Å². The van der Waals surface area contributed by atoms with Crippen LogP contribution in [0.1, 0.15) is 21.5 Å². The Morgan fingerprint density at radius 1 is 0.938 bits per heavy atom. The zero-order valence-electron chi connectivity index (χ0n) is 17.5. The number of fused-ring (bicyclic) bond motifs is 1. The van der Waals surface area contributed by atoms with E-state index in [-0.39, 0.29) is 5.91 Å². The molecule has 1 aromatic heterocycles. The van der Waals surface area contributed by atoms with Gasteiger partial charge in [0.25, 0.3) is 5.91 Å². The molecule has 0 atom stereocenters. The number of amides is 1. The largest absolute Gasteiger partial charge is 0.486 e. The van der Waals surface area contributed by atoms with E-state index in [1.54, 1.807) is 6.20 Å². The summed E-state index contributed by atoms with van der Waals surface area (Å²) in [5.41, 5.74) is 4.57. The van der Waals surface area contributed by atoms with E-state index in [0.29, 0.717) is 37.6 Å². The maximum atomic E-state index is 13.1. The van der Waals surface area contributed by atoms with Crippen LogP contribution in [0.5, 0.6) is 11.5 Å². The van der Waals surface area contributed by atoms with E-state index in [9.17, 15) is 4.79 Å². The molecule has 3 aromatic carbocycles. The molecule has 0 fully saturated rings. The van der Waals surface area contributed by atoms with Crippen molar-refractivity contribution < 1.29 is 14.3 Å². The number of rotatable bonds is 6. The topological polar surface area (TPSA) is 65.4 Å². The van der Waals surface area contributed by atoms with Crippen molar-refractivity contribution in [3.05, 3.63) is 102 Å². The molecule has 0 saturated carbocycles. The minimum atomic E-state index is -0.129. The number of carbonyl (C=O) groups excluding carboxylic acids is 1. The van der Waals surface area contributed by atoms with Crippen LogP contribution < -0.4 is 14.8 Å². The van der Waals surface area contributed by atoms with Crippen molar-refractivity contribution in [3.8, 4) is 22.6 Å². The Kier molecular flexibility index (Phi) is 5.58. The normalized spacial score (nSPS) is 12.4. The maximum absolute atomic E-state index is 13.1. The lowest BCUT2D eigenvalue weighted by Gasteiger charge is -2.21. The number of hydrogen-bond acceptors (Lipinski definition) is 4. The number of hydrogen-bond donors (Lipinski definition) is 1. The van der Waals surface area contributed by atoms with Gasteiger partial charge in [0.15, 0.2) is 11.5 Å². The monoisotopic (exact) mass is 425 g/mol. The van der Waals surface area contributed by atoms with Gasteiger partial charge in [-0.05, 0) is 34.9 Å². The predicted molar refractivity (Wildman–Crippen MR) is 122 cm³/mol. The van der Waals surface area contributed by atoms with Gasteiger partial charge in [-0.25, -0.2) is 0 Å². The van der Waals surface area contributed by atoms with Crippen molar-refractivity contribution in [2.45, 2.75) is 13.1 Å². The molecule has 6 nitrogen and oxygen atoms in total.